The highest BCUT2D eigenvalue weighted by molar-refractivity contribution is 6.17. The van der Waals surface area contributed by atoms with Crippen molar-refractivity contribution in [2.75, 3.05) is 0 Å². The normalized spacial score (nSPS) is 15.1. The highest BCUT2D eigenvalue weighted by Crippen LogP contribution is 2.32. The second-order valence-electron chi connectivity index (χ2n) is 9.13. The Kier molecular flexibility index (Phi) is 5.51. The Morgan fingerprint density at radius 2 is 1.76 bits per heavy atom. The third kappa shape index (κ3) is 4.42. The van der Waals surface area contributed by atoms with Gasteiger partial charge in [0.2, 0.25) is 0 Å². The van der Waals surface area contributed by atoms with Crippen molar-refractivity contribution in [2.45, 2.75) is 39.3 Å². The number of pyridine rings is 1. The number of nitrogens with zero attached hydrogens (tertiary/aromatic N) is 3. The summed E-state index contributed by atoms with van der Waals surface area (Å²) in [6, 6.07) is 26.8. The molecular weight excluding hydrogens is 406 g/mol. The Balaban J connectivity index is 1.52. The SMILES string of the molecule is C/C(=N\OCc1ccccc1)c1cccc2c1CC(C)(C)N=C2c1cnc2ccccc2c1. The molecule has 0 fully saturated rings. The van der Waals surface area contributed by atoms with Crippen LogP contribution in [0, 0.1) is 0 Å². The smallest absolute Gasteiger partial charge is 0.142 e. The van der Waals surface area contributed by atoms with Crippen molar-refractivity contribution < 1.29 is 4.84 Å². The number of oxime groups is 1. The number of benzene rings is 3. The molecule has 0 spiro atoms. The van der Waals surface area contributed by atoms with Crippen LogP contribution in [0.1, 0.15) is 48.6 Å². The molecule has 0 aliphatic carbocycles. The third-order valence-corrected chi connectivity index (χ3v) is 5.98. The van der Waals surface area contributed by atoms with Crippen LogP contribution in [-0.2, 0) is 17.9 Å². The van der Waals surface area contributed by atoms with Crippen molar-refractivity contribution in [1.82, 2.24) is 4.98 Å². The van der Waals surface area contributed by atoms with E-state index in [1.54, 1.807) is 0 Å². The summed E-state index contributed by atoms with van der Waals surface area (Å²) in [5, 5.41) is 5.57. The number of aromatic nitrogens is 1. The van der Waals surface area contributed by atoms with Gasteiger partial charge < -0.3 is 4.84 Å². The summed E-state index contributed by atoms with van der Waals surface area (Å²) in [6.45, 7) is 6.82. The van der Waals surface area contributed by atoms with Gasteiger partial charge in [0, 0.05) is 28.3 Å². The van der Waals surface area contributed by atoms with Gasteiger partial charge >= 0.3 is 0 Å². The Morgan fingerprint density at radius 1 is 0.970 bits per heavy atom. The molecule has 0 N–H and O–H groups in total. The van der Waals surface area contributed by atoms with E-state index in [1.807, 2.05) is 61.7 Å². The summed E-state index contributed by atoms with van der Waals surface area (Å²) in [4.78, 5) is 15.5. The topological polar surface area (TPSA) is 46.8 Å². The lowest BCUT2D eigenvalue weighted by Gasteiger charge is -2.30. The molecule has 0 radical (unpaired) electrons. The molecular formula is C29H27N3O. The minimum atomic E-state index is -0.227. The van der Waals surface area contributed by atoms with Crippen LogP contribution in [0.5, 0.6) is 0 Å². The lowest BCUT2D eigenvalue weighted by atomic mass is 9.82. The number of hydrogen-bond acceptors (Lipinski definition) is 4. The average molecular weight is 434 g/mol. The van der Waals surface area contributed by atoms with Gasteiger partial charge in [-0.3, -0.25) is 9.98 Å². The molecule has 4 aromatic rings. The molecule has 1 aromatic heterocycles. The minimum Gasteiger partial charge on any atom is -0.391 e. The maximum absolute atomic E-state index is 5.69. The van der Waals surface area contributed by atoms with Crippen LogP contribution in [-0.4, -0.2) is 21.9 Å². The molecule has 0 atom stereocenters. The molecule has 5 rings (SSSR count). The molecule has 1 aliphatic heterocycles. The van der Waals surface area contributed by atoms with E-state index in [9.17, 15) is 0 Å². The zero-order valence-electron chi connectivity index (χ0n) is 19.2. The first-order valence-corrected chi connectivity index (χ1v) is 11.3. The molecule has 4 nitrogen and oxygen atoms in total. The zero-order chi connectivity index (χ0) is 22.8. The summed E-state index contributed by atoms with van der Waals surface area (Å²) >= 11 is 0. The Morgan fingerprint density at radius 3 is 2.61 bits per heavy atom. The van der Waals surface area contributed by atoms with Gasteiger partial charge in [-0.1, -0.05) is 71.9 Å². The fourth-order valence-corrected chi connectivity index (χ4v) is 4.42. The predicted molar refractivity (Wildman–Crippen MR) is 135 cm³/mol. The van der Waals surface area contributed by atoms with Gasteiger partial charge in [-0.25, -0.2) is 0 Å². The van der Waals surface area contributed by atoms with Gasteiger partial charge in [-0.05, 0) is 50.5 Å². The van der Waals surface area contributed by atoms with E-state index in [0.717, 1.165) is 51.0 Å². The molecule has 3 aromatic carbocycles. The first kappa shape index (κ1) is 21.1. The molecule has 33 heavy (non-hydrogen) atoms. The van der Waals surface area contributed by atoms with E-state index >= 15 is 0 Å². The number of para-hydroxylation sites is 1. The fourth-order valence-electron chi connectivity index (χ4n) is 4.42. The summed E-state index contributed by atoms with van der Waals surface area (Å²) in [7, 11) is 0. The number of aliphatic imine (C=N–C) groups is 1. The van der Waals surface area contributed by atoms with Crippen LogP contribution in [0.4, 0.5) is 0 Å². The van der Waals surface area contributed by atoms with E-state index in [-0.39, 0.29) is 5.54 Å². The molecule has 0 saturated carbocycles. The first-order chi connectivity index (χ1) is 16.0. The molecule has 0 bridgehead atoms. The molecule has 0 saturated heterocycles. The zero-order valence-corrected chi connectivity index (χ0v) is 19.2. The van der Waals surface area contributed by atoms with Crippen molar-refractivity contribution in [3.05, 3.63) is 113 Å². The van der Waals surface area contributed by atoms with Crippen molar-refractivity contribution in [1.29, 1.82) is 0 Å². The Labute approximate surface area is 194 Å². The summed E-state index contributed by atoms with van der Waals surface area (Å²) in [6.07, 6.45) is 2.78. The second-order valence-corrected chi connectivity index (χ2v) is 9.13. The highest BCUT2D eigenvalue weighted by Gasteiger charge is 2.30. The molecule has 0 amide bonds. The average Bonchev–Trinajstić information content (AvgIpc) is 2.83. The summed E-state index contributed by atoms with van der Waals surface area (Å²) in [5.41, 5.74) is 8.26. The standard InChI is InChI=1S/C29H27N3O/c1-20(32-33-19-21-10-5-4-6-11-21)24-13-9-14-25-26(24)17-29(2,3)31-28(25)23-16-22-12-7-8-15-27(22)30-18-23/h4-16,18H,17,19H2,1-3H3/b32-20+. The Hall–Kier alpha value is -3.79. The van der Waals surface area contributed by atoms with Crippen molar-refractivity contribution in [3.63, 3.8) is 0 Å². The van der Waals surface area contributed by atoms with Gasteiger partial charge in [0.05, 0.1) is 22.5 Å². The van der Waals surface area contributed by atoms with Crippen LogP contribution in [0.15, 0.2) is 95.2 Å². The molecule has 0 unspecified atom stereocenters. The van der Waals surface area contributed by atoms with E-state index in [1.165, 1.54) is 5.56 Å². The van der Waals surface area contributed by atoms with Crippen LogP contribution in [0.3, 0.4) is 0 Å². The van der Waals surface area contributed by atoms with E-state index < -0.39 is 0 Å². The van der Waals surface area contributed by atoms with E-state index in [0.29, 0.717) is 6.61 Å². The van der Waals surface area contributed by atoms with E-state index in [4.69, 9.17) is 9.83 Å². The number of hydrogen-bond donors (Lipinski definition) is 0. The maximum atomic E-state index is 5.69. The number of fused-ring (bicyclic) bond motifs is 2. The van der Waals surface area contributed by atoms with Gasteiger partial charge in [0.15, 0.2) is 0 Å². The number of rotatable bonds is 5. The summed E-state index contributed by atoms with van der Waals surface area (Å²) in [5.74, 6) is 0. The molecule has 4 heteroatoms. The van der Waals surface area contributed by atoms with Gasteiger partial charge in [0.25, 0.3) is 0 Å². The van der Waals surface area contributed by atoms with Crippen LogP contribution in [0.2, 0.25) is 0 Å². The first-order valence-electron chi connectivity index (χ1n) is 11.3. The summed E-state index contributed by atoms with van der Waals surface area (Å²) < 4.78 is 0. The largest absolute Gasteiger partial charge is 0.391 e. The van der Waals surface area contributed by atoms with E-state index in [2.05, 4.69) is 54.3 Å². The van der Waals surface area contributed by atoms with Crippen molar-refractivity contribution in [2.24, 2.45) is 10.1 Å². The van der Waals surface area contributed by atoms with Crippen molar-refractivity contribution in [3.8, 4) is 0 Å². The maximum Gasteiger partial charge on any atom is 0.142 e. The fraction of sp³-hybridized carbons (Fsp3) is 0.207. The van der Waals surface area contributed by atoms with Crippen LogP contribution >= 0.6 is 0 Å². The van der Waals surface area contributed by atoms with Crippen LogP contribution < -0.4 is 0 Å². The van der Waals surface area contributed by atoms with Gasteiger partial charge in [-0.15, -0.1) is 0 Å². The van der Waals surface area contributed by atoms with Gasteiger partial charge in [-0.2, -0.15) is 0 Å². The Bertz CT molecular complexity index is 1370. The lowest BCUT2D eigenvalue weighted by Crippen LogP contribution is -2.31. The molecule has 2 heterocycles. The molecule has 164 valence electrons. The monoisotopic (exact) mass is 433 g/mol. The van der Waals surface area contributed by atoms with Crippen LogP contribution in [0.25, 0.3) is 10.9 Å². The predicted octanol–water partition coefficient (Wildman–Crippen LogP) is 6.35. The van der Waals surface area contributed by atoms with Crippen molar-refractivity contribution >= 4 is 22.3 Å². The minimum absolute atomic E-state index is 0.227. The third-order valence-electron chi connectivity index (χ3n) is 5.98. The second kappa shape index (κ2) is 8.62. The highest BCUT2D eigenvalue weighted by atomic mass is 16.6. The quantitative estimate of drug-likeness (QED) is 0.272. The molecule has 1 aliphatic rings. The van der Waals surface area contributed by atoms with Gasteiger partial charge in [0.1, 0.15) is 6.61 Å². The lowest BCUT2D eigenvalue weighted by molar-refractivity contribution is 0.130.